The molecular weight excluding hydrogens is 318 g/mol. The Morgan fingerprint density at radius 1 is 1.17 bits per heavy atom. The van der Waals surface area contributed by atoms with Crippen molar-refractivity contribution in [3.8, 4) is 0 Å². The molecule has 2 aromatic rings. The van der Waals surface area contributed by atoms with Crippen LogP contribution in [0.2, 0.25) is 0 Å². The molecule has 0 bridgehead atoms. The van der Waals surface area contributed by atoms with Crippen LogP contribution in [0.15, 0.2) is 42.0 Å². The number of hydrogen-bond acceptors (Lipinski definition) is 4. The number of hydrogen-bond donors (Lipinski definition) is 0. The minimum absolute atomic E-state index is 0.155. The van der Waals surface area contributed by atoms with Crippen LogP contribution in [0.25, 0.3) is 0 Å². The van der Waals surface area contributed by atoms with Gasteiger partial charge in [0.15, 0.2) is 0 Å². The zero-order valence-corrected chi connectivity index (χ0v) is 14.7. The van der Waals surface area contributed by atoms with Crippen LogP contribution in [-0.2, 0) is 17.9 Å². The van der Waals surface area contributed by atoms with Crippen LogP contribution in [0.1, 0.15) is 29.7 Å². The van der Waals surface area contributed by atoms with Gasteiger partial charge in [-0.2, -0.15) is 0 Å². The number of carbonyl (C=O) groups excluding carboxylic acids is 1. The smallest absolute Gasteiger partial charge is 0.230 e. The molecule has 4 nitrogen and oxygen atoms in total. The zero-order valence-electron chi connectivity index (χ0n) is 13.9. The minimum atomic E-state index is -0.155. The van der Waals surface area contributed by atoms with E-state index in [1.807, 2.05) is 17.2 Å². The van der Waals surface area contributed by atoms with Gasteiger partial charge in [-0.05, 0) is 48.9 Å². The van der Waals surface area contributed by atoms with Gasteiger partial charge in [0.05, 0.1) is 5.41 Å². The second-order valence-electron chi connectivity index (χ2n) is 7.01. The van der Waals surface area contributed by atoms with E-state index in [2.05, 4.69) is 33.5 Å². The van der Waals surface area contributed by atoms with E-state index >= 15 is 0 Å². The van der Waals surface area contributed by atoms with Gasteiger partial charge in [-0.25, -0.2) is 0 Å². The van der Waals surface area contributed by atoms with Gasteiger partial charge >= 0.3 is 0 Å². The van der Waals surface area contributed by atoms with E-state index in [-0.39, 0.29) is 5.41 Å². The predicted octanol–water partition coefficient (Wildman–Crippen LogP) is 3.16. The Kier molecular flexibility index (Phi) is 4.37. The monoisotopic (exact) mass is 341 g/mol. The van der Waals surface area contributed by atoms with Crippen LogP contribution in [0.4, 0.5) is 0 Å². The van der Waals surface area contributed by atoms with Crippen molar-refractivity contribution in [3.63, 3.8) is 0 Å². The van der Waals surface area contributed by atoms with Crippen molar-refractivity contribution < 1.29 is 4.79 Å². The average molecular weight is 341 g/mol. The highest BCUT2D eigenvalue weighted by molar-refractivity contribution is 7.09. The summed E-state index contributed by atoms with van der Waals surface area (Å²) in [5, 5.41) is 2.13. The van der Waals surface area contributed by atoms with Gasteiger partial charge in [-0.3, -0.25) is 14.7 Å². The predicted molar refractivity (Wildman–Crippen MR) is 95.5 cm³/mol. The largest absolute Gasteiger partial charge is 0.338 e. The van der Waals surface area contributed by atoms with E-state index < -0.39 is 0 Å². The molecule has 1 amide bonds. The molecule has 4 rings (SSSR count). The van der Waals surface area contributed by atoms with Gasteiger partial charge in [0.2, 0.25) is 5.91 Å². The number of likely N-dealkylation sites (tertiary alicyclic amines) is 2. The van der Waals surface area contributed by atoms with Crippen LogP contribution < -0.4 is 0 Å². The van der Waals surface area contributed by atoms with E-state index in [0.29, 0.717) is 12.5 Å². The maximum absolute atomic E-state index is 13.1. The lowest BCUT2D eigenvalue weighted by atomic mass is 9.78. The van der Waals surface area contributed by atoms with Gasteiger partial charge in [0.25, 0.3) is 0 Å². The standard InChI is InChI=1S/C19H23N3OS/c23-18-19(7-10-22(18)13-16-4-1-8-20-12-16)6-3-9-21(15-19)14-17-5-2-11-24-17/h1-2,4-5,8,11-12H,3,6-7,9-10,13-15H2/t19-/m0/s1. The van der Waals surface area contributed by atoms with Gasteiger partial charge in [-0.1, -0.05) is 12.1 Å². The molecule has 0 radical (unpaired) electrons. The summed E-state index contributed by atoms with van der Waals surface area (Å²) in [6.45, 7) is 4.57. The maximum Gasteiger partial charge on any atom is 0.230 e. The van der Waals surface area contributed by atoms with Gasteiger partial charge < -0.3 is 4.90 Å². The first-order chi connectivity index (χ1) is 11.8. The number of rotatable bonds is 4. The molecule has 0 aliphatic carbocycles. The van der Waals surface area contributed by atoms with E-state index in [1.54, 1.807) is 17.5 Å². The Bertz CT molecular complexity index is 688. The molecule has 126 valence electrons. The Morgan fingerprint density at radius 3 is 2.92 bits per heavy atom. The summed E-state index contributed by atoms with van der Waals surface area (Å²) in [5.74, 6) is 0.349. The topological polar surface area (TPSA) is 36.4 Å². The summed E-state index contributed by atoms with van der Waals surface area (Å²) >= 11 is 1.81. The highest BCUT2D eigenvalue weighted by Crippen LogP contribution is 2.41. The number of pyridine rings is 1. The fraction of sp³-hybridized carbons (Fsp3) is 0.474. The lowest BCUT2D eigenvalue weighted by molar-refractivity contribution is -0.139. The summed E-state index contributed by atoms with van der Waals surface area (Å²) in [6, 6.07) is 8.29. The molecular formula is C19H23N3OS. The van der Waals surface area contributed by atoms with Crippen molar-refractivity contribution in [3.05, 3.63) is 52.5 Å². The molecule has 2 fully saturated rings. The van der Waals surface area contributed by atoms with Crippen LogP contribution in [0.3, 0.4) is 0 Å². The molecule has 0 N–H and O–H groups in total. The normalized spacial score (nSPS) is 24.8. The van der Waals surface area contributed by atoms with Crippen molar-refractivity contribution in [1.29, 1.82) is 0 Å². The molecule has 1 spiro atoms. The van der Waals surface area contributed by atoms with E-state index in [0.717, 1.165) is 51.0 Å². The number of aromatic nitrogens is 1. The van der Waals surface area contributed by atoms with Crippen LogP contribution in [-0.4, -0.2) is 40.3 Å². The van der Waals surface area contributed by atoms with Crippen molar-refractivity contribution in [2.24, 2.45) is 5.41 Å². The number of carbonyl (C=O) groups is 1. The fourth-order valence-corrected chi connectivity index (χ4v) is 4.87. The van der Waals surface area contributed by atoms with Gasteiger partial charge in [-0.15, -0.1) is 11.3 Å². The Morgan fingerprint density at radius 2 is 2.12 bits per heavy atom. The van der Waals surface area contributed by atoms with Crippen molar-refractivity contribution in [1.82, 2.24) is 14.8 Å². The number of nitrogens with zero attached hydrogens (tertiary/aromatic N) is 3. The second kappa shape index (κ2) is 6.65. The molecule has 4 heterocycles. The lowest BCUT2D eigenvalue weighted by Gasteiger charge is -2.38. The van der Waals surface area contributed by atoms with Crippen molar-refractivity contribution >= 4 is 17.2 Å². The number of piperidine rings is 1. The van der Waals surface area contributed by atoms with E-state index in [1.165, 1.54) is 4.88 Å². The quantitative estimate of drug-likeness (QED) is 0.857. The van der Waals surface area contributed by atoms with E-state index in [9.17, 15) is 4.79 Å². The molecule has 0 unspecified atom stereocenters. The van der Waals surface area contributed by atoms with Crippen LogP contribution in [0.5, 0.6) is 0 Å². The minimum Gasteiger partial charge on any atom is -0.338 e. The summed E-state index contributed by atoms with van der Waals surface area (Å²) in [4.78, 5) is 23.2. The Hall–Kier alpha value is -1.72. The Balaban J connectivity index is 1.44. The summed E-state index contributed by atoms with van der Waals surface area (Å²) < 4.78 is 0. The van der Waals surface area contributed by atoms with Crippen LogP contribution in [0, 0.1) is 5.41 Å². The summed E-state index contributed by atoms with van der Waals surface area (Å²) in [6.07, 6.45) is 6.80. The molecule has 1 atom stereocenters. The molecule has 0 saturated carbocycles. The fourth-order valence-electron chi connectivity index (χ4n) is 4.12. The average Bonchev–Trinajstić information content (AvgIpc) is 3.21. The zero-order chi connectivity index (χ0) is 16.4. The summed E-state index contributed by atoms with van der Waals surface area (Å²) in [7, 11) is 0. The third kappa shape index (κ3) is 3.10. The highest BCUT2D eigenvalue weighted by Gasteiger charge is 2.48. The number of thiophene rings is 1. The van der Waals surface area contributed by atoms with E-state index in [4.69, 9.17) is 0 Å². The first-order valence-corrected chi connectivity index (χ1v) is 9.56. The SMILES string of the molecule is O=C1N(Cc2cccnc2)CC[C@]12CCCN(Cc1cccs1)C2. The first-order valence-electron chi connectivity index (χ1n) is 8.68. The molecule has 0 aromatic carbocycles. The van der Waals surface area contributed by atoms with Gasteiger partial charge in [0, 0.05) is 43.4 Å². The molecule has 24 heavy (non-hydrogen) atoms. The molecule has 2 aliphatic rings. The van der Waals surface area contributed by atoms with Gasteiger partial charge in [0.1, 0.15) is 0 Å². The highest BCUT2D eigenvalue weighted by atomic mass is 32.1. The Labute approximate surface area is 147 Å². The molecule has 5 heteroatoms. The number of amides is 1. The van der Waals surface area contributed by atoms with Crippen LogP contribution >= 0.6 is 11.3 Å². The third-order valence-corrected chi connectivity index (χ3v) is 6.17. The lowest BCUT2D eigenvalue weighted by Crippen LogP contribution is -2.47. The molecule has 2 aliphatic heterocycles. The van der Waals surface area contributed by atoms with Crippen molar-refractivity contribution in [2.75, 3.05) is 19.6 Å². The van der Waals surface area contributed by atoms with Crippen molar-refractivity contribution in [2.45, 2.75) is 32.4 Å². The second-order valence-corrected chi connectivity index (χ2v) is 8.04. The maximum atomic E-state index is 13.1. The molecule has 2 aromatic heterocycles. The molecule has 2 saturated heterocycles. The first kappa shape index (κ1) is 15.8. The summed E-state index contributed by atoms with van der Waals surface area (Å²) in [5.41, 5.74) is 0.965. The third-order valence-electron chi connectivity index (χ3n) is 5.31.